The van der Waals surface area contributed by atoms with Crippen LogP contribution in [-0.2, 0) is 0 Å². The quantitative estimate of drug-likeness (QED) is 0.261. The van der Waals surface area contributed by atoms with E-state index in [9.17, 15) is 9.59 Å². The van der Waals surface area contributed by atoms with Crippen molar-refractivity contribution in [2.24, 2.45) is 11.8 Å². The largest absolute Gasteiger partial charge is 0.294 e. The Labute approximate surface area is 209 Å². The smallest absolute Gasteiger partial charge is 0.167 e. The average molecular weight is 485 g/mol. The molecule has 1 fully saturated rings. The van der Waals surface area contributed by atoms with Crippen molar-refractivity contribution in [2.75, 3.05) is 0 Å². The van der Waals surface area contributed by atoms with Crippen LogP contribution in [0.1, 0.15) is 43.7 Å². The van der Waals surface area contributed by atoms with Crippen molar-refractivity contribution in [3.05, 3.63) is 141 Å². The molecule has 168 valence electrons. The predicted molar refractivity (Wildman–Crippen MR) is 137 cm³/mol. The minimum absolute atomic E-state index is 0.0370. The zero-order valence-electron chi connectivity index (χ0n) is 18.3. The van der Waals surface area contributed by atoms with E-state index in [2.05, 4.69) is 0 Å². The molecule has 34 heavy (non-hydrogen) atoms. The summed E-state index contributed by atoms with van der Waals surface area (Å²) in [5, 5.41) is 1.14. The topological polar surface area (TPSA) is 34.1 Å². The molecule has 0 spiro atoms. The van der Waals surface area contributed by atoms with Gasteiger partial charge in [-0.05, 0) is 59.7 Å². The molecule has 0 bridgehead atoms. The van der Waals surface area contributed by atoms with Crippen LogP contribution < -0.4 is 0 Å². The molecule has 0 aliphatic heterocycles. The molecule has 0 amide bonds. The highest BCUT2D eigenvalue weighted by Crippen LogP contribution is 2.59. The van der Waals surface area contributed by atoms with Crippen LogP contribution in [0, 0.1) is 11.8 Å². The molecule has 4 heteroatoms. The number of hydrogen-bond donors (Lipinski definition) is 0. The first-order chi connectivity index (χ1) is 16.5. The van der Waals surface area contributed by atoms with Gasteiger partial charge in [0.25, 0.3) is 0 Å². The third-order valence-electron chi connectivity index (χ3n) is 6.78. The first-order valence-corrected chi connectivity index (χ1v) is 12.0. The Hall–Kier alpha value is -3.20. The minimum Gasteiger partial charge on any atom is -0.294 e. The first-order valence-electron chi connectivity index (χ1n) is 11.2. The highest BCUT2D eigenvalue weighted by molar-refractivity contribution is 6.31. The van der Waals surface area contributed by atoms with Gasteiger partial charge < -0.3 is 0 Å². The second kappa shape index (κ2) is 9.58. The van der Waals surface area contributed by atoms with Crippen molar-refractivity contribution in [2.45, 2.75) is 11.8 Å². The Morgan fingerprint density at radius 2 is 0.794 bits per heavy atom. The molecule has 2 nitrogen and oxygen atoms in total. The molecular weight excluding hydrogens is 463 g/mol. The van der Waals surface area contributed by atoms with E-state index < -0.39 is 11.8 Å². The molecule has 0 aromatic heterocycles. The Balaban J connectivity index is 1.63. The number of ketones is 2. The Morgan fingerprint density at radius 1 is 0.471 bits per heavy atom. The third-order valence-corrected chi connectivity index (χ3v) is 7.28. The molecular formula is C30H22Cl2O2. The number of hydrogen-bond acceptors (Lipinski definition) is 2. The van der Waals surface area contributed by atoms with Crippen molar-refractivity contribution in [3.63, 3.8) is 0 Å². The summed E-state index contributed by atoms with van der Waals surface area (Å²) in [6.07, 6.45) is 0. The van der Waals surface area contributed by atoms with Crippen molar-refractivity contribution in [1.82, 2.24) is 0 Å². The SMILES string of the molecule is O=C(c1ccc(Cl)cc1)[C@H]1[C@H](C(=O)c2ccc(Cl)cc2)[C@@H](c2ccccc2)[C@@H]1c1ccccc1. The molecule has 1 aliphatic carbocycles. The standard InChI is InChI=1S/C30H22Cl2O2/c31-23-15-11-21(12-16-23)29(33)27-25(19-7-3-1-4-8-19)26(20-9-5-2-6-10-20)28(27)30(34)22-13-17-24(32)18-14-22/h1-18,25-28H/t25-,26-,27+,28+/m0/s1. The van der Waals surface area contributed by atoms with Gasteiger partial charge in [-0.3, -0.25) is 9.59 Å². The molecule has 0 unspecified atom stereocenters. The molecule has 1 saturated carbocycles. The molecule has 0 saturated heterocycles. The maximum Gasteiger partial charge on any atom is 0.167 e. The van der Waals surface area contributed by atoms with Crippen LogP contribution in [0.15, 0.2) is 109 Å². The minimum atomic E-state index is -0.489. The second-order valence-electron chi connectivity index (χ2n) is 8.67. The van der Waals surface area contributed by atoms with E-state index in [0.717, 1.165) is 11.1 Å². The lowest BCUT2D eigenvalue weighted by molar-refractivity contribution is 0.0456. The van der Waals surface area contributed by atoms with Gasteiger partial charge in [0.2, 0.25) is 0 Å². The van der Waals surface area contributed by atoms with E-state index in [1.807, 2.05) is 60.7 Å². The van der Waals surface area contributed by atoms with Crippen LogP contribution in [0.2, 0.25) is 10.0 Å². The van der Waals surface area contributed by atoms with Gasteiger partial charge in [-0.25, -0.2) is 0 Å². The lowest BCUT2D eigenvalue weighted by Gasteiger charge is -2.51. The first kappa shape index (κ1) is 22.6. The van der Waals surface area contributed by atoms with Gasteiger partial charge in [0.05, 0.1) is 0 Å². The lowest BCUT2D eigenvalue weighted by atomic mass is 9.49. The van der Waals surface area contributed by atoms with Crippen molar-refractivity contribution >= 4 is 34.8 Å². The fourth-order valence-electron chi connectivity index (χ4n) is 5.19. The van der Waals surface area contributed by atoms with Crippen LogP contribution in [0.25, 0.3) is 0 Å². The van der Waals surface area contributed by atoms with Gasteiger partial charge in [0.1, 0.15) is 0 Å². The summed E-state index contributed by atoms with van der Waals surface area (Å²) in [5.41, 5.74) is 3.25. The summed E-state index contributed by atoms with van der Waals surface area (Å²) in [6.45, 7) is 0. The normalized spacial score (nSPS) is 21.5. The second-order valence-corrected chi connectivity index (χ2v) is 9.54. The maximum atomic E-state index is 13.9. The number of halogens is 2. The van der Waals surface area contributed by atoms with Gasteiger partial charge in [-0.2, -0.15) is 0 Å². The van der Waals surface area contributed by atoms with Gasteiger partial charge in [-0.15, -0.1) is 0 Å². The Bertz CT molecular complexity index is 1190. The van der Waals surface area contributed by atoms with E-state index in [1.54, 1.807) is 48.5 Å². The molecule has 0 radical (unpaired) electrons. The van der Waals surface area contributed by atoms with Crippen LogP contribution in [0.3, 0.4) is 0 Å². The lowest BCUT2D eigenvalue weighted by Crippen LogP contribution is -2.51. The molecule has 5 rings (SSSR count). The monoisotopic (exact) mass is 484 g/mol. The van der Waals surface area contributed by atoms with Crippen LogP contribution in [0.5, 0.6) is 0 Å². The van der Waals surface area contributed by atoms with Gasteiger partial charge >= 0.3 is 0 Å². The van der Waals surface area contributed by atoms with Crippen LogP contribution in [0.4, 0.5) is 0 Å². The average Bonchev–Trinajstić information content (AvgIpc) is 2.85. The van der Waals surface area contributed by atoms with E-state index in [-0.39, 0.29) is 23.4 Å². The van der Waals surface area contributed by atoms with E-state index in [0.29, 0.717) is 21.2 Å². The molecule has 0 N–H and O–H groups in total. The van der Waals surface area contributed by atoms with Gasteiger partial charge in [-0.1, -0.05) is 83.9 Å². The van der Waals surface area contributed by atoms with E-state index in [1.165, 1.54) is 0 Å². The zero-order chi connectivity index (χ0) is 23.7. The highest BCUT2D eigenvalue weighted by atomic mass is 35.5. The number of rotatable bonds is 6. The molecule has 0 heterocycles. The summed E-state index contributed by atoms with van der Waals surface area (Å²) in [7, 11) is 0. The summed E-state index contributed by atoms with van der Waals surface area (Å²) >= 11 is 12.1. The fourth-order valence-corrected chi connectivity index (χ4v) is 5.45. The molecule has 4 aromatic rings. The van der Waals surface area contributed by atoms with Crippen molar-refractivity contribution in [3.8, 4) is 0 Å². The number of carbonyl (C=O) groups excluding carboxylic acids is 2. The number of Topliss-reactive ketones (excluding diaryl/α,β-unsaturated/α-hetero) is 2. The molecule has 4 aromatic carbocycles. The maximum absolute atomic E-state index is 13.9. The number of carbonyl (C=O) groups is 2. The van der Waals surface area contributed by atoms with Crippen LogP contribution >= 0.6 is 23.2 Å². The van der Waals surface area contributed by atoms with E-state index >= 15 is 0 Å². The Morgan fingerprint density at radius 3 is 1.12 bits per heavy atom. The summed E-state index contributed by atoms with van der Waals surface area (Å²) in [5.74, 6) is -1.29. The van der Waals surface area contributed by atoms with E-state index in [4.69, 9.17) is 23.2 Å². The fraction of sp³-hybridized carbons (Fsp3) is 0.133. The number of benzene rings is 4. The van der Waals surface area contributed by atoms with Crippen LogP contribution in [-0.4, -0.2) is 11.6 Å². The van der Waals surface area contributed by atoms with Crippen molar-refractivity contribution in [1.29, 1.82) is 0 Å². The Kier molecular flexibility index (Phi) is 6.36. The predicted octanol–water partition coefficient (Wildman–Crippen LogP) is 7.87. The third kappa shape index (κ3) is 4.20. The molecule has 1 aliphatic rings. The highest BCUT2D eigenvalue weighted by Gasteiger charge is 2.57. The van der Waals surface area contributed by atoms with Crippen molar-refractivity contribution < 1.29 is 9.59 Å². The van der Waals surface area contributed by atoms with Gasteiger partial charge in [0, 0.05) is 44.8 Å². The molecule has 4 atom stereocenters. The zero-order valence-corrected chi connectivity index (χ0v) is 19.8. The summed E-state index contributed by atoms with van der Waals surface area (Å²) in [6, 6.07) is 33.9. The van der Waals surface area contributed by atoms with Gasteiger partial charge in [0.15, 0.2) is 11.6 Å². The summed E-state index contributed by atoms with van der Waals surface area (Å²) < 4.78 is 0. The summed E-state index contributed by atoms with van der Waals surface area (Å²) in [4.78, 5) is 27.8.